The molecule has 1 atom stereocenters. The molecule has 1 unspecified atom stereocenters. The lowest BCUT2D eigenvalue weighted by Crippen LogP contribution is -2.45. The molecule has 0 radical (unpaired) electrons. The molecule has 0 aromatic heterocycles. The molecule has 0 spiro atoms. The van der Waals surface area contributed by atoms with Crippen LogP contribution in [0.25, 0.3) is 0 Å². The van der Waals surface area contributed by atoms with E-state index in [1.807, 2.05) is 24.3 Å². The Hall–Kier alpha value is -2.31. The van der Waals surface area contributed by atoms with Gasteiger partial charge in [0.15, 0.2) is 11.5 Å². The molecule has 0 bridgehead atoms. The number of benzene rings is 2. The zero-order chi connectivity index (χ0) is 18.5. The first-order chi connectivity index (χ1) is 12.7. The summed E-state index contributed by atoms with van der Waals surface area (Å²) in [6, 6.07) is 10.4. The summed E-state index contributed by atoms with van der Waals surface area (Å²) in [7, 11) is 4.86. The van der Waals surface area contributed by atoms with Crippen LogP contribution in [-0.4, -0.2) is 52.4 Å². The molecule has 0 amide bonds. The maximum atomic E-state index is 13.5. The average Bonchev–Trinajstić information content (AvgIpc) is 2.70. The summed E-state index contributed by atoms with van der Waals surface area (Å²) in [5.41, 5.74) is 1.98. The summed E-state index contributed by atoms with van der Waals surface area (Å²) >= 11 is 0. The standard InChI is InChI=1S/C20H25FN2O3/c1-24-17-13-19(26-3)18(25-2)12-16(17)20(23-10-8-22-9-11-23)14-4-6-15(21)7-5-14/h4-7,12-13,20,22H,8-11H2,1-3H3. The predicted molar refractivity (Wildman–Crippen MR) is 98.8 cm³/mol. The number of ether oxygens (including phenoxy) is 3. The molecule has 1 saturated heterocycles. The highest BCUT2D eigenvalue weighted by Crippen LogP contribution is 2.41. The van der Waals surface area contributed by atoms with Crippen molar-refractivity contribution in [2.75, 3.05) is 47.5 Å². The van der Waals surface area contributed by atoms with E-state index in [9.17, 15) is 4.39 Å². The van der Waals surface area contributed by atoms with E-state index in [1.165, 1.54) is 12.1 Å². The monoisotopic (exact) mass is 360 g/mol. The molecule has 26 heavy (non-hydrogen) atoms. The highest BCUT2D eigenvalue weighted by molar-refractivity contribution is 5.53. The second kappa shape index (κ2) is 8.38. The molecule has 0 saturated carbocycles. The number of methoxy groups -OCH3 is 3. The summed E-state index contributed by atoms with van der Waals surface area (Å²) in [5.74, 6) is 1.74. The van der Waals surface area contributed by atoms with Gasteiger partial charge in [0, 0.05) is 37.8 Å². The number of hydrogen-bond acceptors (Lipinski definition) is 5. The van der Waals surface area contributed by atoms with E-state index in [-0.39, 0.29) is 11.9 Å². The summed E-state index contributed by atoms with van der Waals surface area (Å²) in [4.78, 5) is 2.37. The second-order valence-electron chi connectivity index (χ2n) is 6.19. The zero-order valence-corrected chi connectivity index (χ0v) is 15.4. The molecular weight excluding hydrogens is 335 g/mol. The Balaban J connectivity index is 2.12. The molecule has 3 rings (SSSR count). The van der Waals surface area contributed by atoms with Gasteiger partial charge in [-0.1, -0.05) is 12.1 Å². The maximum absolute atomic E-state index is 13.5. The van der Waals surface area contributed by atoms with Crippen LogP contribution in [-0.2, 0) is 0 Å². The highest BCUT2D eigenvalue weighted by Gasteiger charge is 2.28. The van der Waals surface area contributed by atoms with Gasteiger partial charge >= 0.3 is 0 Å². The van der Waals surface area contributed by atoms with Crippen molar-refractivity contribution < 1.29 is 18.6 Å². The molecule has 1 aliphatic rings. The van der Waals surface area contributed by atoms with Crippen molar-refractivity contribution in [3.8, 4) is 17.2 Å². The molecule has 1 N–H and O–H groups in total. The number of nitrogens with zero attached hydrogens (tertiary/aromatic N) is 1. The van der Waals surface area contributed by atoms with Crippen LogP contribution in [0.5, 0.6) is 17.2 Å². The van der Waals surface area contributed by atoms with E-state index < -0.39 is 0 Å². The normalized spacial score (nSPS) is 16.2. The fourth-order valence-corrected chi connectivity index (χ4v) is 3.44. The molecule has 2 aromatic rings. The Kier molecular flexibility index (Phi) is 5.96. The lowest BCUT2D eigenvalue weighted by atomic mass is 9.95. The molecule has 0 aliphatic carbocycles. The first-order valence-electron chi connectivity index (χ1n) is 8.68. The van der Waals surface area contributed by atoms with Gasteiger partial charge in [-0.05, 0) is 23.8 Å². The summed E-state index contributed by atoms with van der Waals surface area (Å²) < 4.78 is 30.0. The van der Waals surface area contributed by atoms with Gasteiger partial charge in [0.05, 0.1) is 27.4 Å². The smallest absolute Gasteiger partial charge is 0.164 e. The lowest BCUT2D eigenvalue weighted by Gasteiger charge is -2.36. The van der Waals surface area contributed by atoms with Crippen molar-refractivity contribution in [2.45, 2.75) is 6.04 Å². The molecule has 6 heteroatoms. The van der Waals surface area contributed by atoms with Gasteiger partial charge < -0.3 is 19.5 Å². The van der Waals surface area contributed by atoms with Crippen molar-refractivity contribution in [3.63, 3.8) is 0 Å². The minimum atomic E-state index is -0.243. The van der Waals surface area contributed by atoms with E-state index in [1.54, 1.807) is 21.3 Å². The third-order valence-corrected chi connectivity index (χ3v) is 4.73. The van der Waals surface area contributed by atoms with Crippen LogP contribution in [0.15, 0.2) is 36.4 Å². The molecule has 1 aliphatic heterocycles. The molecule has 140 valence electrons. The van der Waals surface area contributed by atoms with E-state index >= 15 is 0 Å². The molecule has 1 fully saturated rings. The number of nitrogens with one attached hydrogen (secondary N) is 1. The fraction of sp³-hybridized carbons (Fsp3) is 0.400. The van der Waals surface area contributed by atoms with Crippen molar-refractivity contribution in [1.29, 1.82) is 0 Å². The third kappa shape index (κ3) is 3.76. The van der Waals surface area contributed by atoms with E-state index in [4.69, 9.17) is 14.2 Å². The Morgan fingerprint density at radius 2 is 1.46 bits per heavy atom. The molecule has 1 heterocycles. The SMILES string of the molecule is COc1cc(OC)c(C(c2ccc(F)cc2)N2CCNCC2)cc1OC. The van der Waals surface area contributed by atoms with E-state index in [2.05, 4.69) is 10.2 Å². The van der Waals surface area contributed by atoms with Gasteiger partial charge in [0.25, 0.3) is 0 Å². The lowest BCUT2D eigenvalue weighted by molar-refractivity contribution is 0.195. The zero-order valence-electron chi connectivity index (χ0n) is 15.4. The Morgan fingerprint density at radius 1 is 0.885 bits per heavy atom. The topological polar surface area (TPSA) is 43.0 Å². The van der Waals surface area contributed by atoms with Crippen molar-refractivity contribution in [1.82, 2.24) is 10.2 Å². The van der Waals surface area contributed by atoms with Gasteiger partial charge in [0.2, 0.25) is 0 Å². The molecule has 2 aromatic carbocycles. The molecule has 5 nitrogen and oxygen atoms in total. The van der Waals surface area contributed by atoms with E-state index in [0.29, 0.717) is 11.5 Å². The Labute approximate surface area is 153 Å². The van der Waals surface area contributed by atoms with Crippen molar-refractivity contribution >= 4 is 0 Å². The van der Waals surface area contributed by atoms with Crippen molar-refractivity contribution in [2.24, 2.45) is 0 Å². The predicted octanol–water partition coefficient (Wildman–Crippen LogP) is 2.85. The van der Waals surface area contributed by atoms with Crippen LogP contribution in [0.3, 0.4) is 0 Å². The highest BCUT2D eigenvalue weighted by atomic mass is 19.1. The fourth-order valence-electron chi connectivity index (χ4n) is 3.44. The van der Waals surface area contributed by atoms with Gasteiger partial charge in [0.1, 0.15) is 11.6 Å². The number of halogens is 1. The first-order valence-corrected chi connectivity index (χ1v) is 8.68. The molecular formula is C20H25FN2O3. The van der Waals surface area contributed by atoms with Crippen LogP contribution in [0, 0.1) is 5.82 Å². The summed E-state index contributed by atoms with van der Waals surface area (Å²) in [5, 5.41) is 3.37. The van der Waals surface area contributed by atoms with E-state index in [0.717, 1.165) is 43.1 Å². The largest absolute Gasteiger partial charge is 0.496 e. The van der Waals surface area contributed by atoms with Crippen molar-refractivity contribution in [3.05, 3.63) is 53.3 Å². The average molecular weight is 360 g/mol. The quantitative estimate of drug-likeness (QED) is 0.858. The van der Waals surface area contributed by atoms with Crippen LogP contribution in [0.4, 0.5) is 4.39 Å². The maximum Gasteiger partial charge on any atom is 0.164 e. The number of piperazine rings is 1. The van der Waals surface area contributed by atoms with Gasteiger partial charge in [-0.25, -0.2) is 4.39 Å². The summed E-state index contributed by atoms with van der Waals surface area (Å²) in [6.07, 6.45) is 0. The number of hydrogen-bond donors (Lipinski definition) is 1. The van der Waals surface area contributed by atoms with Crippen LogP contribution < -0.4 is 19.5 Å². The van der Waals surface area contributed by atoms with Crippen LogP contribution in [0.1, 0.15) is 17.2 Å². The van der Waals surface area contributed by atoms with Gasteiger partial charge in [-0.2, -0.15) is 0 Å². The van der Waals surface area contributed by atoms with Gasteiger partial charge in [-0.3, -0.25) is 4.90 Å². The minimum absolute atomic E-state index is 0.0625. The Bertz CT molecular complexity index is 731. The summed E-state index contributed by atoms with van der Waals surface area (Å²) in [6.45, 7) is 3.60. The Morgan fingerprint density at radius 3 is 2.04 bits per heavy atom. The van der Waals surface area contributed by atoms with Gasteiger partial charge in [-0.15, -0.1) is 0 Å². The first kappa shape index (κ1) is 18.5. The third-order valence-electron chi connectivity index (χ3n) is 4.73. The van der Waals surface area contributed by atoms with Crippen LogP contribution >= 0.6 is 0 Å². The number of rotatable bonds is 6. The van der Waals surface area contributed by atoms with Crippen LogP contribution in [0.2, 0.25) is 0 Å². The second-order valence-corrected chi connectivity index (χ2v) is 6.19. The minimum Gasteiger partial charge on any atom is -0.496 e.